The summed E-state index contributed by atoms with van der Waals surface area (Å²) in [6.07, 6.45) is 3.26. The van der Waals surface area contributed by atoms with Gasteiger partial charge in [-0.15, -0.1) is 0 Å². The predicted molar refractivity (Wildman–Crippen MR) is 85.7 cm³/mol. The lowest BCUT2D eigenvalue weighted by Gasteiger charge is -2.19. The molecule has 0 amide bonds. The molecule has 1 heteroatoms. The summed E-state index contributed by atoms with van der Waals surface area (Å²) in [5.41, 5.74) is 5.23. The van der Waals surface area contributed by atoms with Gasteiger partial charge in [-0.3, -0.25) is 0 Å². The van der Waals surface area contributed by atoms with Gasteiger partial charge in [0.05, 0.1) is 0 Å². The van der Waals surface area contributed by atoms with Crippen molar-refractivity contribution in [2.45, 2.75) is 34.1 Å². The van der Waals surface area contributed by atoms with E-state index >= 15 is 0 Å². The van der Waals surface area contributed by atoms with E-state index in [-0.39, 0.29) is 2.85 Å². The minimum Gasteiger partial charge on any atom is -0.389 e. The Labute approximate surface area is 115 Å². The second kappa shape index (κ2) is 7.05. The molecule has 0 aliphatic heterocycles. The zero-order chi connectivity index (χ0) is 13.5. The molecule has 1 nitrogen and oxygen atoms in total. The molecule has 1 atom stereocenters. The van der Waals surface area contributed by atoms with Gasteiger partial charge in [-0.1, -0.05) is 43.8 Å². The van der Waals surface area contributed by atoms with E-state index in [4.69, 9.17) is 0 Å². The molecular formula is C17H29N. The third kappa shape index (κ3) is 3.76. The SMILES string of the molecule is C=C(NCC)C(C)C/C(=C/C)c1ccccc1C.[HH].[HH]. The van der Waals surface area contributed by atoms with Crippen molar-refractivity contribution >= 4 is 5.57 Å². The summed E-state index contributed by atoms with van der Waals surface area (Å²) < 4.78 is 0. The van der Waals surface area contributed by atoms with Crippen LogP contribution in [0.3, 0.4) is 0 Å². The first kappa shape index (κ1) is 14.6. The summed E-state index contributed by atoms with van der Waals surface area (Å²) in [6, 6.07) is 8.57. The van der Waals surface area contributed by atoms with Crippen molar-refractivity contribution in [1.82, 2.24) is 5.32 Å². The number of hydrogen-bond acceptors (Lipinski definition) is 1. The molecule has 0 aliphatic carbocycles. The number of benzene rings is 1. The summed E-state index contributed by atoms with van der Waals surface area (Å²) in [4.78, 5) is 0. The maximum Gasteiger partial charge on any atom is 0.0115 e. The number of hydrogen-bond donors (Lipinski definition) is 1. The summed E-state index contributed by atoms with van der Waals surface area (Å²) >= 11 is 0. The minimum absolute atomic E-state index is 0. The van der Waals surface area contributed by atoms with Crippen LogP contribution in [0.4, 0.5) is 0 Å². The van der Waals surface area contributed by atoms with Crippen molar-refractivity contribution in [3.8, 4) is 0 Å². The monoisotopic (exact) mass is 247 g/mol. The molecule has 0 heterocycles. The van der Waals surface area contributed by atoms with Gasteiger partial charge in [0.1, 0.15) is 0 Å². The Morgan fingerprint density at radius 1 is 1.44 bits per heavy atom. The maximum absolute atomic E-state index is 4.11. The molecular weight excluding hydrogens is 218 g/mol. The Balaban J connectivity index is 0. The highest BCUT2D eigenvalue weighted by molar-refractivity contribution is 5.68. The molecule has 0 aromatic heterocycles. The van der Waals surface area contributed by atoms with Crippen LogP contribution in [0.1, 0.15) is 41.2 Å². The van der Waals surface area contributed by atoms with Crippen LogP contribution in [0.15, 0.2) is 42.6 Å². The Morgan fingerprint density at radius 2 is 2.11 bits per heavy atom. The first-order valence-corrected chi connectivity index (χ1v) is 6.74. The number of allylic oxidation sites excluding steroid dienone is 3. The first-order chi connectivity index (χ1) is 8.60. The fourth-order valence-electron chi connectivity index (χ4n) is 2.17. The molecule has 0 fully saturated rings. The van der Waals surface area contributed by atoms with Gasteiger partial charge in [-0.25, -0.2) is 0 Å². The lowest BCUT2D eigenvalue weighted by Crippen LogP contribution is -2.17. The summed E-state index contributed by atoms with van der Waals surface area (Å²) in [5, 5.41) is 3.32. The average molecular weight is 247 g/mol. The summed E-state index contributed by atoms with van der Waals surface area (Å²) in [6.45, 7) is 13.7. The van der Waals surface area contributed by atoms with E-state index in [2.05, 4.69) is 69.9 Å². The van der Waals surface area contributed by atoms with Gasteiger partial charge in [0.2, 0.25) is 0 Å². The molecule has 1 rings (SSSR count). The molecule has 0 aliphatic rings. The van der Waals surface area contributed by atoms with E-state index < -0.39 is 0 Å². The van der Waals surface area contributed by atoms with Gasteiger partial charge in [0.15, 0.2) is 0 Å². The molecule has 0 saturated heterocycles. The molecule has 1 aromatic carbocycles. The van der Waals surface area contributed by atoms with Gasteiger partial charge < -0.3 is 5.32 Å². The van der Waals surface area contributed by atoms with Gasteiger partial charge in [-0.05, 0) is 49.8 Å². The number of rotatable bonds is 6. The topological polar surface area (TPSA) is 12.0 Å². The van der Waals surface area contributed by atoms with Crippen molar-refractivity contribution in [2.75, 3.05) is 6.54 Å². The molecule has 1 aromatic rings. The zero-order valence-electron chi connectivity index (χ0n) is 12.1. The van der Waals surface area contributed by atoms with Gasteiger partial charge in [-0.2, -0.15) is 0 Å². The van der Waals surface area contributed by atoms with E-state index in [9.17, 15) is 0 Å². The van der Waals surface area contributed by atoms with E-state index in [0.717, 1.165) is 18.7 Å². The second-order valence-electron chi connectivity index (χ2n) is 4.79. The van der Waals surface area contributed by atoms with Crippen molar-refractivity contribution in [3.63, 3.8) is 0 Å². The highest BCUT2D eigenvalue weighted by Crippen LogP contribution is 2.27. The van der Waals surface area contributed by atoms with Crippen molar-refractivity contribution in [2.24, 2.45) is 5.92 Å². The standard InChI is InChI=1S/C17H25N.2H2/c1-6-16(12-14(4)15(5)18-7-2)17-11-9-8-10-13(17)3;;/h6,8-11,14,18H,5,7,12H2,1-4H3;2*1H/b16-6-;;. The van der Waals surface area contributed by atoms with Gasteiger partial charge >= 0.3 is 0 Å². The lowest BCUT2D eigenvalue weighted by atomic mass is 9.91. The fraction of sp³-hybridized carbons (Fsp3) is 0.412. The van der Waals surface area contributed by atoms with E-state index in [1.807, 2.05) is 0 Å². The van der Waals surface area contributed by atoms with E-state index in [0.29, 0.717) is 5.92 Å². The van der Waals surface area contributed by atoms with Crippen LogP contribution < -0.4 is 5.32 Å². The molecule has 102 valence electrons. The van der Waals surface area contributed by atoms with Crippen LogP contribution in [0.25, 0.3) is 5.57 Å². The Kier molecular flexibility index (Phi) is 5.70. The van der Waals surface area contributed by atoms with Gasteiger partial charge in [0.25, 0.3) is 0 Å². The maximum atomic E-state index is 4.11. The molecule has 0 saturated carbocycles. The molecule has 0 radical (unpaired) electrons. The Morgan fingerprint density at radius 3 is 2.67 bits per heavy atom. The average Bonchev–Trinajstić information content (AvgIpc) is 2.37. The predicted octanol–water partition coefficient (Wildman–Crippen LogP) is 5.04. The van der Waals surface area contributed by atoms with Crippen molar-refractivity contribution in [3.05, 3.63) is 53.7 Å². The molecule has 0 bridgehead atoms. The van der Waals surface area contributed by atoms with Gasteiger partial charge in [0, 0.05) is 15.1 Å². The Hall–Kier alpha value is -1.50. The third-order valence-corrected chi connectivity index (χ3v) is 3.36. The summed E-state index contributed by atoms with van der Waals surface area (Å²) in [7, 11) is 0. The lowest BCUT2D eigenvalue weighted by molar-refractivity contribution is 0.632. The third-order valence-electron chi connectivity index (χ3n) is 3.36. The van der Waals surface area contributed by atoms with E-state index in [1.54, 1.807) is 0 Å². The van der Waals surface area contributed by atoms with Crippen LogP contribution in [0, 0.1) is 12.8 Å². The fourth-order valence-corrected chi connectivity index (χ4v) is 2.17. The Bertz CT molecular complexity index is 438. The highest BCUT2D eigenvalue weighted by Gasteiger charge is 2.11. The number of aryl methyl sites for hydroxylation is 1. The minimum atomic E-state index is 0. The zero-order valence-corrected chi connectivity index (χ0v) is 12.1. The van der Waals surface area contributed by atoms with Crippen LogP contribution in [0.5, 0.6) is 0 Å². The molecule has 18 heavy (non-hydrogen) atoms. The van der Waals surface area contributed by atoms with Crippen LogP contribution in [-0.2, 0) is 0 Å². The first-order valence-electron chi connectivity index (χ1n) is 6.74. The quantitative estimate of drug-likeness (QED) is 0.742. The largest absolute Gasteiger partial charge is 0.389 e. The van der Waals surface area contributed by atoms with Crippen LogP contribution >= 0.6 is 0 Å². The smallest absolute Gasteiger partial charge is 0.0115 e. The normalized spacial score (nSPS) is 13.2. The second-order valence-corrected chi connectivity index (χ2v) is 4.79. The van der Waals surface area contributed by atoms with Crippen LogP contribution in [-0.4, -0.2) is 6.54 Å². The molecule has 0 spiro atoms. The molecule has 1 unspecified atom stereocenters. The van der Waals surface area contributed by atoms with Crippen molar-refractivity contribution in [1.29, 1.82) is 0 Å². The summed E-state index contributed by atoms with van der Waals surface area (Å²) in [5.74, 6) is 0.454. The van der Waals surface area contributed by atoms with E-state index in [1.165, 1.54) is 16.7 Å². The van der Waals surface area contributed by atoms with Crippen LogP contribution in [0.2, 0.25) is 0 Å². The highest BCUT2D eigenvalue weighted by atomic mass is 14.9. The number of nitrogens with one attached hydrogen (secondary N) is 1. The van der Waals surface area contributed by atoms with Crippen molar-refractivity contribution < 1.29 is 2.85 Å². The molecule has 1 N–H and O–H groups in total.